The van der Waals surface area contributed by atoms with Crippen LogP contribution in [0.2, 0.25) is 0 Å². The van der Waals surface area contributed by atoms with E-state index in [0.717, 1.165) is 31.5 Å². The molecule has 0 bridgehead atoms. The van der Waals surface area contributed by atoms with Crippen LogP contribution in [-0.2, 0) is 6.42 Å². The van der Waals surface area contributed by atoms with Crippen LogP contribution in [0.3, 0.4) is 0 Å². The number of aryl methyl sites for hydroxylation is 1. The fraction of sp³-hybridized carbons (Fsp3) is 0.364. The average molecular weight is 225 g/mol. The van der Waals surface area contributed by atoms with Gasteiger partial charge in [-0.1, -0.05) is 18.2 Å². The zero-order valence-corrected chi connectivity index (χ0v) is 9.23. The zero-order chi connectivity index (χ0) is 12.4. The largest absolute Gasteiger partial charge is 0.465 e. The molecule has 7 N–H and O–H groups in total. The lowest BCUT2D eigenvalue weighted by Gasteiger charge is -2.03. The molecule has 0 aliphatic rings. The number of benzene rings is 1. The minimum Gasteiger partial charge on any atom is -0.465 e. The maximum atomic E-state index is 8.78. The summed E-state index contributed by atoms with van der Waals surface area (Å²) in [4.78, 5) is 8.78. The molecule has 0 aliphatic heterocycles. The van der Waals surface area contributed by atoms with E-state index in [1.165, 1.54) is 5.56 Å². The topological polar surface area (TPSA) is 115 Å². The van der Waals surface area contributed by atoms with Gasteiger partial charge in [-0.3, -0.25) is 0 Å². The van der Waals surface area contributed by atoms with Crippen LogP contribution in [0.15, 0.2) is 24.3 Å². The number of rotatable bonds is 4. The van der Waals surface area contributed by atoms with E-state index in [1.807, 2.05) is 18.2 Å². The fourth-order valence-corrected chi connectivity index (χ4v) is 1.22. The molecular weight excluding hydrogens is 206 g/mol. The number of nitrogen functional groups attached to an aromatic ring is 1. The van der Waals surface area contributed by atoms with Crippen molar-refractivity contribution in [3.8, 4) is 0 Å². The Morgan fingerprint density at radius 3 is 2.31 bits per heavy atom. The van der Waals surface area contributed by atoms with E-state index >= 15 is 0 Å². The number of para-hydroxylation sites is 1. The molecule has 0 spiro atoms. The van der Waals surface area contributed by atoms with Crippen molar-refractivity contribution in [2.45, 2.75) is 19.3 Å². The highest BCUT2D eigenvalue weighted by molar-refractivity contribution is 5.61. The molecule has 0 saturated heterocycles. The van der Waals surface area contributed by atoms with Gasteiger partial charge in [0, 0.05) is 5.69 Å². The van der Waals surface area contributed by atoms with Crippen molar-refractivity contribution in [1.29, 1.82) is 0 Å². The van der Waals surface area contributed by atoms with Crippen molar-refractivity contribution in [2.75, 3.05) is 12.3 Å². The minimum absolute atomic E-state index is 0.771. The highest BCUT2D eigenvalue weighted by atomic mass is 16.4. The summed E-state index contributed by atoms with van der Waals surface area (Å²) in [7, 11) is 0. The molecule has 1 rings (SSSR count). The number of nitrogens with two attached hydrogens (primary N) is 3. The molecule has 5 nitrogen and oxygen atoms in total. The number of anilines is 1. The molecule has 0 atom stereocenters. The summed E-state index contributed by atoms with van der Waals surface area (Å²) >= 11 is 0. The maximum absolute atomic E-state index is 8.78. The summed E-state index contributed by atoms with van der Waals surface area (Å²) in [5, 5.41) is 7.19. The first kappa shape index (κ1) is 14.2. The lowest BCUT2D eigenvalue weighted by atomic mass is 10.1. The van der Waals surface area contributed by atoms with Crippen molar-refractivity contribution in [2.24, 2.45) is 11.5 Å². The van der Waals surface area contributed by atoms with Crippen molar-refractivity contribution in [1.82, 2.24) is 0 Å². The third kappa shape index (κ3) is 7.64. The van der Waals surface area contributed by atoms with Gasteiger partial charge in [0.05, 0.1) is 0 Å². The molecule has 0 radical (unpaired) electrons. The average Bonchev–Trinajstić information content (AvgIpc) is 2.20. The molecule has 90 valence electrons. The van der Waals surface area contributed by atoms with Gasteiger partial charge < -0.3 is 22.3 Å². The normalized spacial score (nSPS) is 9.06. The van der Waals surface area contributed by atoms with Gasteiger partial charge in [0.15, 0.2) is 0 Å². The molecule has 0 unspecified atom stereocenters. The Bertz CT molecular complexity index is 312. The maximum Gasteiger partial charge on any atom is 0.402 e. The lowest BCUT2D eigenvalue weighted by Crippen LogP contribution is -2.03. The molecule has 0 saturated carbocycles. The second-order valence-electron chi connectivity index (χ2n) is 3.28. The first-order valence-electron chi connectivity index (χ1n) is 5.09. The number of carbonyl (C=O) groups is 1. The molecule has 1 aromatic rings. The van der Waals surface area contributed by atoms with Gasteiger partial charge in [0.1, 0.15) is 0 Å². The standard InChI is InChI=1S/C10H16N2.CH3NO2/c11-8-4-3-6-9-5-1-2-7-10(9)12;2-1(3)4/h1-2,5,7H,3-4,6,8,11-12H2;2H2,(H,3,4). The summed E-state index contributed by atoms with van der Waals surface area (Å²) in [5.74, 6) is 0. The highest BCUT2D eigenvalue weighted by Crippen LogP contribution is 2.12. The molecular formula is C11H19N3O2. The van der Waals surface area contributed by atoms with E-state index in [-0.39, 0.29) is 0 Å². The van der Waals surface area contributed by atoms with Crippen LogP contribution in [-0.4, -0.2) is 17.7 Å². The smallest absolute Gasteiger partial charge is 0.402 e. The Balaban J connectivity index is 0.000000487. The molecule has 0 fully saturated rings. The third-order valence-electron chi connectivity index (χ3n) is 1.96. The van der Waals surface area contributed by atoms with Gasteiger partial charge in [-0.2, -0.15) is 0 Å². The Hall–Kier alpha value is -1.75. The lowest BCUT2D eigenvalue weighted by molar-refractivity contribution is 0.205. The van der Waals surface area contributed by atoms with Crippen LogP contribution in [0.4, 0.5) is 10.5 Å². The number of unbranched alkanes of at least 4 members (excludes halogenated alkanes) is 1. The Labute approximate surface area is 95.2 Å². The first-order valence-corrected chi connectivity index (χ1v) is 5.09. The quantitative estimate of drug-likeness (QED) is 0.454. The van der Waals surface area contributed by atoms with Crippen LogP contribution < -0.4 is 17.2 Å². The predicted molar refractivity (Wildman–Crippen MR) is 65.1 cm³/mol. The van der Waals surface area contributed by atoms with Crippen molar-refractivity contribution in [3.63, 3.8) is 0 Å². The summed E-state index contributed by atoms with van der Waals surface area (Å²) < 4.78 is 0. The summed E-state index contributed by atoms with van der Waals surface area (Å²) in [6, 6.07) is 8.00. The van der Waals surface area contributed by atoms with E-state index in [0.29, 0.717) is 0 Å². The molecule has 0 aromatic heterocycles. The summed E-state index contributed by atoms with van der Waals surface area (Å²) in [6.45, 7) is 0.771. The van der Waals surface area contributed by atoms with Crippen LogP contribution in [0, 0.1) is 0 Å². The van der Waals surface area contributed by atoms with Gasteiger partial charge in [0.2, 0.25) is 0 Å². The molecule has 1 amide bonds. The SMILES string of the molecule is NC(=O)O.NCCCCc1ccccc1N. The second kappa shape index (κ2) is 8.55. The number of hydrogen-bond acceptors (Lipinski definition) is 3. The third-order valence-corrected chi connectivity index (χ3v) is 1.96. The Kier molecular flexibility index (Phi) is 7.61. The molecule has 0 heterocycles. The highest BCUT2D eigenvalue weighted by Gasteiger charge is 1.95. The van der Waals surface area contributed by atoms with Crippen LogP contribution >= 0.6 is 0 Å². The van der Waals surface area contributed by atoms with Crippen LogP contribution in [0.25, 0.3) is 0 Å². The van der Waals surface area contributed by atoms with E-state index in [1.54, 1.807) is 0 Å². The van der Waals surface area contributed by atoms with Crippen molar-refractivity contribution in [3.05, 3.63) is 29.8 Å². The molecule has 0 aliphatic carbocycles. The number of primary amides is 1. The fourth-order valence-electron chi connectivity index (χ4n) is 1.22. The van der Waals surface area contributed by atoms with Crippen LogP contribution in [0.5, 0.6) is 0 Å². The predicted octanol–water partition coefficient (Wildman–Crippen LogP) is 1.17. The molecule has 16 heavy (non-hydrogen) atoms. The van der Waals surface area contributed by atoms with E-state index in [2.05, 4.69) is 11.8 Å². The van der Waals surface area contributed by atoms with Gasteiger partial charge in [0.25, 0.3) is 0 Å². The van der Waals surface area contributed by atoms with Crippen LogP contribution in [0.1, 0.15) is 18.4 Å². The van der Waals surface area contributed by atoms with Gasteiger partial charge in [-0.25, -0.2) is 4.79 Å². The van der Waals surface area contributed by atoms with Crippen molar-refractivity contribution >= 4 is 11.8 Å². The van der Waals surface area contributed by atoms with E-state index in [9.17, 15) is 0 Å². The summed E-state index contributed by atoms with van der Waals surface area (Å²) in [6.07, 6.45) is 1.92. The number of carboxylic acid groups (broad SMARTS) is 1. The van der Waals surface area contributed by atoms with Gasteiger partial charge in [-0.15, -0.1) is 0 Å². The Morgan fingerprint density at radius 1 is 1.25 bits per heavy atom. The second-order valence-corrected chi connectivity index (χ2v) is 3.28. The van der Waals surface area contributed by atoms with Crippen molar-refractivity contribution < 1.29 is 9.90 Å². The Morgan fingerprint density at radius 2 is 1.81 bits per heavy atom. The van der Waals surface area contributed by atoms with E-state index < -0.39 is 6.09 Å². The number of hydrogen-bond donors (Lipinski definition) is 4. The minimum atomic E-state index is -1.33. The van der Waals surface area contributed by atoms with Gasteiger partial charge >= 0.3 is 6.09 Å². The van der Waals surface area contributed by atoms with Gasteiger partial charge in [-0.05, 0) is 37.4 Å². The number of amides is 1. The summed E-state index contributed by atoms with van der Waals surface area (Å²) in [5.41, 5.74) is 17.3. The molecule has 5 heteroatoms. The molecule has 1 aromatic carbocycles. The first-order chi connectivity index (χ1) is 7.57. The zero-order valence-electron chi connectivity index (χ0n) is 9.23. The monoisotopic (exact) mass is 225 g/mol. The van der Waals surface area contributed by atoms with E-state index in [4.69, 9.17) is 21.4 Å².